The molecule has 0 unspecified atom stereocenters. The molecule has 23 heavy (non-hydrogen) atoms. The van der Waals surface area contributed by atoms with Crippen molar-refractivity contribution in [3.63, 3.8) is 0 Å². The maximum Gasteiger partial charge on any atom is 0.416 e. The Morgan fingerprint density at radius 3 is 2.57 bits per heavy atom. The van der Waals surface area contributed by atoms with Gasteiger partial charge in [-0.25, -0.2) is 4.79 Å². The maximum atomic E-state index is 12.6. The Morgan fingerprint density at radius 2 is 1.87 bits per heavy atom. The van der Waals surface area contributed by atoms with Gasteiger partial charge in [-0.3, -0.25) is 9.69 Å². The molecular weight excluding hydrogens is 300 g/mol. The van der Waals surface area contributed by atoms with E-state index in [2.05, 4.69) is 0 Å². The lowest BCUT2D eigenvalue weighted by Crippen LogP contribution is -2.51. The Labute approximate surface area is 134 Å². The highest BCUT2D eigenvalue weighted by Gasteiger charge is 2.42. The molecule has 2 atom stereocenters. The molecule has 0 bridgehead atoms. The van der Waals surface area contributed by atoms with E-state index in [9.17, 15) is 14.7 Å². The first-order valence-electron chi connectivity index (χ1n) is 7.73. The molecule has 0 spiro atoms. The topological polar surface area (TPSA) is 79.3 Å². The van der Waals surface area contributed by atoms with E-state index in [0.717, 1.165) is 0 Å². The predicted octanol–water partition coefficient (Wildman–Crippen LogP) is 0.479. The van der Waals surface area contributed by atoms with E-state index in [0.29, 0.717) is 32.1 Å². The Balaban J connectivity index is 1.68. The Morgan fingerprint density at radius 1 is 1.17 bits per heavy atom. The zero-order chi connectivity index (χ0) is 16.2. The summed E-state index contributed by atoms with van der Waals surface area (Å²) in [5, 5.41) is 9.89. The Hall–Kier alpha value is -2.12. The van der Waals surface area contributed by atoms with Crippen LogP contribution >= 0.6 is 0 Å². The summed E-state index contributed by atoms with van der Waals surface area (Å²) in [4.78, 5) is 28.0. The molecule has 2 saturated heterocycles. The number of para-hydroxylation sites is 1. The average molecular weight is 320 g/mol. The van der Waals surface area contributed by atoms with E-state index < -0.39 is 18.2 Å². The molecule has 1 aromatic rings. The molecule has 7 heteroatoms. The number of aliphatic hydroxyl groups is 1. The van der Waals surface area contributed by atoms with Crippen molar-refractivity contribution in [2.75, 3.05) is 32.8 Å². The number of morpholine rings is 1. The number of β-amino-alcohol motifs (C(OH)–C–C–N with tert-alkyl or cyclic N) is 1. The van der Waals surface area contributed by atoms with E-state index in [1.807, 2.05) is 6.07 Å². The summed E-state index contributed by atoms with van der Waals surface area (Å²) in [5.41, 5.74) is 0. The molecule has 124 valence electrons. The number of carbonyl (C=O) groups is 2. The highest BCUT2D eigenvalue weighted by Crippen LogP contribution is 2.22. The molecule has 0 aliphatic carbocycles. The van der Waals surface area contributed by atoms with Gasteiger partial charge in [0.1, 0.15) is 11.8 Å². The summed E-state index contributed by atoms with van der Waals surface area (Å²) in [6.07, 6.45) is -1.09. The van der Waals surface area contributed by atoms with Gasteiger partial charge in [-0.1, -0.05) is 18.2 Å². The van der Waals surface area contributed by atoms with Crippen molar-refractivity contribution in [3.05, 3.63) is 30.3 Å². The molecule has 3 rings (SSSR count). The number of hydrogen-bond acceptors (Lipinski definition) is 5. The van der Waals surface area contributed by atoms with E-state index >= 15 is 0 Å². The molecule has 7 nitrogen and oxygen atoms in total. The van der Waals surface area contributed by atoms with Gasteiger partial charge in [0.05, 0.1) is 25.9 Å². The molecule has 2 fully saturated rings. The molecule has 1 N–H and O–H groups in total. The smallest absolute Gasteiger partial charge is 0.410 e. The van der Waals surface area contributed by atoms with Crippen LogP contribution < -0.4 is 4.74 Å². The molecule has 0 saturated carbocycles. The van der Waals surface area contributed by atoms with Crippen molar-refractivity contribution < 1.29 is 24.2 Å². The molecule has 2 amide bonds. The lowest BCUT2D eigenvalue weighted by Gasteiger charge is -2.31. The first kappa shape index (κ1) is 15.8. The summed E-state index contributed by atoms with van der Waals surface area (Å²) >= 11 is 0. The van der Waals surface area contributed by atoms with Crippen molar-refractivity contribution in [2.45, 2.75) is 18.6 Å². The number of benzene rings is 1. The number of aliphatic hydroxyl groups excluding tert-OH is 1. The van der Waals surface area contributed by atoms with Gasteiger partial charge in [0.25, 0.3) is 0 Å². The fourth-order valence-corrected chi connectivity index (χ4v) is 2.89. The lowest BCUT2D eigenvalue weighted by atomic mass is 10.1. The van der Waals surface area contributed by atoms with Crippen LogP contribution in [0.25, 0.3) is 0 Å². The van der Waals surface area contributed by atoms with Crippen molar-refractivity contribution >= 4 is 12.0 Å². The molecular formula is C16H20N2O5. The van der Waals surface area contributed by atoms with Crippen LogP contribution in [0.5, 0.6) is 5.75 Å². The fourth-order valence-electron chi connectivity index (χ4n) is 2.89. The quantitative estimate of drug-likeness (QED) is 0.857. The van der Waals surface area contributed by atoms with Crippen molar-refractivity contribution in [1.29, 1.82) is 0 Å². The molecule has 0 radical (unpaired) electrons. The number of rotatable bonds is 2. The van der Waals surface area contributed by atoms with Gasteiger partial charge in [0.2, 0.25) is 5.91 Å². The minimum Gasteiger partial charge on any atom is -0.410 e. The third kappa shape index (κ3) is 3.62. The number of hydrogen-bond donors (Lipinski definition) is 1. The fraction of sp³-hybridized carbons (Fsp3) is 0.500. The third-order valence-corrected chi connectivity index (χ3v) is 4.07. The highest BCUT2D eigenvalue weighted by atomic mass is 16.6. The number of nitrogens with zero attached hydrogens (tertiary/aromatic N) is 2. The van der Waals surface area contributed by atoms with Crippen LogP contribution in [0.4, 0.5) is 4.79 Å². The first-order chi connectivity index (χ1) is 11.1. The number of ether oxygens (including phenoxy) is 2. The zero-order valence-electron chi connectivity index (χ0n) is 12.8. The van der Waals surface area contributed by atoms with Gasteiger partial charge >= 0.3 is 6.09 Å². The van der Waals surface area contributed by atoms with E-state index in [4.69, 9.17) is 9.47 Å². The molecule has 2 aliphatic rings. The van der Waals surface area contributed by atoms with Gasteiger partial charge in [-0.05, 0) is 12.1 Å². The number of carbonyl (C=O) groups excluding carboxylic acids is 2. The van der Waals surface area contributed by atoms with Crippen molar-refractivity contribution in [3.8, 4) is 5.75 Å². The summed E-state index contributed by atoms with van der Waals surface area (Å²) in [7, 11) is 0. The second-order valence-corrected chi connectivity index (χ2v) is 5.68. The van der Waals surface area contributed by atoms with Crippen LogP contribution in [0, 0.1) is 0 Å². The molecule has 1 aromatic carbocycles. The SMILES string of the molecule is O=C([C@@H]1C[C@H](O)CN1C(=O)Oc1ccccc1)N1CCOCC1. The highest BCUT2D eigenvalue weighted by molar-refractivity contribution is 5.87. The van der Waals surface area contributed by atoms with E-state index in [-0.39, 0.29) is 18.9 Å². The summed E-state index contributed by atoms with van der Waals surface area (Å²) < 4.78 is 10.5. The summed E-state index contributed by atoms with van der Waals surface area (Å²) in [6, 6.07) is 8.00. The summed E-state index contributed by atoms with van der Waals surface area (Å²) in [5.74, 6) is 0.256. The van der Waals surface area contributed by atoms with Crippen LogP contribution in [0.1, 0.15) is 6.42 Å². The normalized spacial score (nSPS) is 24.6. The van der Waals surface area contributed by atoms with Gasteiger partial charge in [0.15, 0.2) is 0 Å². The second kappa shape index (κ2) is 6.97. The van der Waals surface area contributed by atoms with Gasteiger partial charge < -0.3 is 19.5 Å². The third-order valence-electron chi connectivity index (χ3n) is 4.07. The minimum atomic E-state index is -0.715. The Kier molecular flexibility index (Phi) is 4.78. The lowest BCUT2D eigenvalue weighted by molar-refractivity contribution is -0.139. The van der Waals surface area contributed by atoms with Crippen molar-refractivity contribution in [2.24, 2.45) is 0 Å². The van der Waals surface area contributed by atoms with Gasteiger partial charge in [-0.2, -0.15) is 0 Å². The maximum absolute atomic E-state index is 12.6. The van der Waals surface area contributed by atoms with Crippen LogP contribution in [0.3, 0.4) is 0 Å². The summed E-state index contributed by atoms with van der Waals surface area (Å²) in [6.45, 7) is 2.11. The Bertz CT molecular complexity index is 559. The second-order valence-electron chi connectivity index (χ2n) is 5.68. The van der Waals surface area contributed by atoms with Crippen LogP contribution in [0.2, 0.25) is 0 Å². The van der Waals surface area contributed by atoms with Gasteiger partial charge in [-0.15, -0.1) is 0 Å². The minimum absolute atomic E-state index is 0.104. The zero-order valence-corrected chi connectivity index (χ0v) is 12.8. The molecule has 2 aliphatic heterocycles. The molecule has 2 heterocycles. The monoisotopic (exact) mass is 320 g/mol. The van der Waals surface area contributed by atoms with E-state index in [1.165, 1.54) is 4.90 Å². The van der Waals surface area contributed by atoms with E-state index in [1.54, 1.807) is 29.2 Å². The van der Waals surface area contributed by atoms with Crippen LogP contribution in [-0.2, 0) is 9.53 Å². The standard InChI is InChI=1S/C16H20N2O5/c19-12-10-14(15(20)17-6-8-22-9-7-17)18(11-12)16(21)23-13-4-2-1-3-5-13/h1-5,12,14,19H,6-11H2/t12-,14-/m0/s1. The number of amides is 2. The van der Waals surface area contributed by atoms with Crippen molar-refractivity contribution in [1.82, 2.24) is 9.80 Å². The number of likely N-dealkylation sites (tertiary alicyclic amines) is 1. The van der Waals surface area contributed by atoms with Crippen LogP contribution in [-0.4, -0.2) is 71.9 Å². The van der Waals surface area contributed by atoms with Gasteiger partial charge in [0, 0.05) is 19.5 Å². The largest absolute Gasteiger partial charge is 0.416 e. The first-order valence-corrected chi connectivity index (χ1v) is 7.73. The average Bonchev–Trinajstić information content (AvgIpc) is 2.98. The van der Waals surface area contributed by atoms with Crippen LogP contribution in [0.15, 0.2) is 30.3 Å². The predicted molar refractivity (Wildman–Crippen MR) is 81.0 cm³/mol. The molecule has 0 aromatic heterocycles.